The van der Waals surface area contributed by atoms with Crippen LogP contribution < -0.4 is 10.2 Å². The number of halogens is 1. The molecule has 1 amide bonds. The number of amides is 1. The summed E-state index contributed by atoms with van der Waals surface area (Å²) in [5.74, 6) is 1.19. The third-order valence-corrected chi connectivity index (χ3v) is 3.07. The fraction of sp³-hybridized carbons (Fsp3) is 0.267. The number of benzene rings is 1. The molecule has 0 saturated carbocycles. The molecule has 1 aromatic heterocycles. The van der Waals surface area contributed by atoms with E-state index in [4.69, 9.17) is 11.6 Å². The van der Waals surface area contributed by atoms with Gasteiger partial charge in [-0.25, -0.2) is 9.97 Å². The first-order chi connectivity index (χ1) is 9.95. The van der Waals surface area contributed by atoms with Crippen molar-refractivity contribution < 1.29 is 4.79 Å². The van der Waals surface area contributed by atoms with Crippen molar-refractivity contribution in [2.24, 2.45) is 0 Å². The summed E-state index contributed by atoms with van der Waals surface area (Å²) in [6.45, 7) is 2.17. The molecule has 1 aromatic carbocycles. The van der Waals surface area contributed by atoms with Crippen LogP contribution in [0.15, 0.2) is 30.3 Å². The van der Waals surface area contributed by atoms with Crippen LogP contribution >= 0.6 is 11.6 Å². The van der Waals surface area contributed by atoms with E-state index in [9.17, 15) is 4.79 Å². The van der Waals surface area contributed by atoms with Crippen molar-refractivity contribution in [3.8, 4) is 0 Å². The summed E-state index contributed by atoms with van der Waals surface area (Å²) in [4.78, 5) is 22.6. The molecule has 5 nitrogen and oxygen atoms in total. The molecule has 0 saturated heterocycles. The van der Waals surface area contributed by atoms with Crippen molar-refractivity contribution in [2.45, 2.75) is 13.5 Å². The molecule has 110 valence electrons. The van der Waals surface area contributed by atoms with Crippen LogP contribution in [0.3, 0.4) is 0 Å². The fourth-order valence-electron chi connectivity index (χ4n) is 1.81. The van der Waals surface area contributed by atoms with Gasteiger partial charge in [-0.15, -0.1) is 0 Å². The predicted molar refractivity (Wildman–Crippen MR) is 83.7 cm³/mol. The molecule has 21 heavy (non-hydrogen) atoms. The van der Waals surface area contributed by atoms with Crippen LogP contribution in [0.5, 0.6) is 0 Å². The number of carbonyl (C=O) groups is 1. The summed E-state index contributed by atoms with van der Waals surface area (Å²) < 4.78 is 0. The Hall–Kier alpha value is -2.14. The lowest BCUT2D eigenvalue weighted by atomic mass is 10.2. The molecule has 0 unspecified atom stereocenters. The Balaban J connectivity index is 2.08. The Bertz CT molecular complexity index is 658. The molecule has 0 atom stereocenters. The number of anilines is 1. The van der Waals surface area contributed by atoms with Gasteiger partial charge in [0.1, 0.15) is 11.6 Å². The number of aromatic nitrogens is 2. The van der Waals surface area contributed by atoms with Gasteiger partial charge in [-0.2, -0.15) is 0 Å². The van der Waals surface area contributed by atoms with Gasteiger partial charge in [0.2, 0.25) is 0 Å². The minimum atomic E-state index is -0.200. The van der Waals surface area contributed by atoms with Crippen molar-refractivity contribution in [1.82, 2.24) is 15.3 Å². The van der Waals surface area contributed by atoms with Gasteiger partial charge in [0.05, 0.1) is 6.54 Å². The topological polar surface area (TPSA) is 58.1 Å². The number of rotatable bonds is 4. The molecule has 1 N–H and O–H groups in total. The lowest BCUT2D eigenvalue weighted by Gasteiger charge is -2.13. The molecule has 0 aliphatic heterocycles. The Kier molecular flexibility index (Phi) is 4.75. The molecule has 0 bridgehead atoms. The van der Waals surface area contributed by atoms with Crippen molar-refractivity contribution in [3.63, 3.8) is 0 Å². The average Bonchev–Trinajstić information content (AvgIpc) is 2.44. The SMILES string of the molecule is Cc1cc(N(C)C)nc(CNC(=O)c2cccc(Cl)c2)n1. The van der Waals surface area contributed by atoms with Gasteiger partial charge in [0.25, 0.3) is 5.91 Å². The summed E-state index contributed by atoms with van der Waals surface area (Å²) >= 11 is 5.87. The number of aryl methyl sites for hydroxylation is 1. The van der Waals surface area contributed by atoms with Crippen LogP contribution in [0.1, 0.15) is 21.9 Å². The summed E-state index contributed by atoms with van der Waals surface area (Å²) in [7, 11) is 3.83. The molecule has 0 fully saturated rings. The smallest absolute Gasteiger partial charge is 0.251 e. The lowest BCUT2D eigenvalue weighted by molar-refractivity contribution is 0.0950. The quantitative estimate of drug-likeness (QED) is 0.942. The molecule has 0 spiro atoms. The van der Waals surface area contributed by atoms with Gasteiger partial charge >= 0.3 is 0 Å². The maximum atomic E-state index is 12.0. The van der Waals surface area contributed by atoms with E-state index in [2.05, 4.69) is 15.3 Å². The van der Waals surface area contributed by atoms with Crippen LogP contribution in [-0.4, -0.2) is 30.0 Å². The molecular formula is C15H17ClN4O. The van der Waals surface area contributed by atoms with E-state index in [1.807, 2.05) is 32.0 Å². The molecule has 2 aromatic rings. The number of nitrogens with one attached hydrogen (secondary N) is 1. The third-order valence-electron chi connectivity index (χ3n) is 2.84. The average molecular weight is 305 g/mol. The molecule has 0 radical (unpaired) electrons. The molecule has 2 rings (SSSR count). The zero-order valence-electron chi connectivity index (χ0n) is 12.2. The number of nitrogens with zero attached hydrogens (tertiary/aromatic N) is 3. The van der Waals surface area contributed by atoms with Crippen LogP contribution in [0.2, 0.25) is 5.02 Å². The monoisotopic (exact) mass is 304 g/mol. The first-order valence-corrected chi connectivity index (χ1v) is 6.89. The number of hydrogen-bond donors (Lipinski definition) is 1. The van der Waals surface area contributed by atoms with E-state index in [1.165, 1.54) is 0 Å². The fourth-order valence-corrected chi connectivity index (χ4v) is 2.00. The highest BCUT2D eigenvalue weighted by atomic mass is 35.5. The van der Waals surface area contributed by atoms with Gasteiger partial charge in [0, 0.05) is 36.4 Å². The highest BCUT2D eigenvalue weighted by Crippen LogP contribution is 2.11. The first kappa shape index (κ1) is 15.3. The van der Waals surface area contributed by atoms with E-state index in [-0.39, 0.29) is 12.5 Å². The summed E-state index contributed by atoms with van der Waals surface area (Å²) in [6.07, 6.45) is 0. The van der Waals surface area contributed by atoms with Gasteiger partial charge in [-0.1, -0.05) is 17.7 Å². The van der Waals surface area contributed by atoms with Crippen molar-refractivity contribution in [2.75, 3.05) is 19.0 Å². The Morgan fingerprint density at radius 2 is 2.05 bits per heavy atom. The number of hydrogen-bond acceptors (Lipinski definition) is 4. The Labute approximate surface area is 129 Å². The van der Waals surface area contributed by atoms with E-state index in [0.717, 1.165) is 11.5 Å². The lowest BCUT2D eigenvalue weighted by Crippen LogP contribution is -2.24. The molecular weight excluding hydrogens is 288 g/mol. The van der Waals surface area contributed by atoms with Crippen molar-refractivity contribution in [3.05, 3.63) is 52.4 Å². The van der Waals surface area contributed by atoms with Gasteiger partial charge in [-0.3, -0.25) is 4.79 Å². The molecule has 0 aliphatic rings. The maximum absolute atomic E-state index is 12.0. The van der Waals surface area contributed by atoms with Crippen LogP contribution in [0.25, 0.3) is 0 Å². The predicted octanol–water partition coefficient (Wildman–Crippen LogP) is 2.43. The molecule has 0 aliphatic carbocycles. The Morgan fingerprint density at radius 3 is 2.71 bits per heavy atom. The second kappa shape index (κ2) is 6.54. The van der Waals surface area contributed by atoms with Gasteiger partial charge < -0.3 is 10.2 Å². The van der Waals surface area contributed by atoms with E-state index in [1.54, 1.807) is 24.3 Å². The first-order valence-electron chi connectivity index (χ1n) is 6.51. The van der Waals surface area contributed by atoms with E-state index < -0.39 is 0 Å². The minimum absolute atomic E-state index is 0.200. The van der Waals surface area contributed by atoms with Gasteiger partial charge in [-0.05, 0) is 25.1 Å². The second-order valence-electron chi connectivity index (χ2n) is 4.87. The highest BCUT2D eigenvalue weighted by molar-refractivity contribution is 6.30. The van der Waals surface area contributed by atoms with Crippen LogP contribution in [0, 0.1) is 6.92 Å². The summed E-state index contributed by atoms with van der Waals surface area (Å²) in [5, 5.41) is 3.33. The second-order valence-corrected chi connectivity index (χ2v) is 5.31. The molecule has 1 heterocycles. The van der Waals surface area contributed by atoms with Crippen LogP contribution in [0.4, 0.5) is 5.82 Å². The highest BCUT2D eigenvalue weighted by Gasteiger charge is 2.08. The Morgan fingerprint density at radius 1 is 1.29 bits per heavy atom. The van der Waals surface area contributed by atoms with Gasteiger partial charge in [0.15, 0.2) is 0 Å². The van der Waals surface area contributed by atoms with E-state index in [0.29, 0.717) is 16.4 Å². The maximum Gasteiger partial charge on any atom is 0.251 e. The van der Waals surface area contributed by atoms with Crippen molar-refractivity contribution >= 4 is 23.3 Å². The standard InChI is InChI=1S/C15H17ClN4O/c1-10-7-14(20(2)3)19-13(18-10)9-17-15(21)11-5-4-6-12(16)8-11/h4-8H,9H2,1-3H3,(H,17,21). The van der Waals surface area contributed by atoms with Crippen LogP contribution in [-0.2, 0) is 6.54 Å². The van der Waals surface area contributed by atoms with E-state index >= 15 is 0 Å². The summed E-state index contributed by atoms with van der Waals surface area (Å²) in [6, 6.07) is 8.70. The third kappa shape index (κ3) is 4.16. The normalized spacial score (nSPS) is 10.3. The minimum Gasteiger partial charge on any atom is -0.363 e. The van der Waals surface area contributed by atoms with Crippen molar-refractivity contribution in [1.29, 1.82) is 0 Å². The zero-order chi connectivity index (χ0) is 15.4. The summed E-state index contributed by atoms with van der Waals surface area (Å²) in [5.41, 5.74) is 1.38. The number of carbonyl (C=O) groups excluding carboxylic acids is 1. The zero-order valence-corrected chi connectivity index (χ0v) is 13.0. The largest absolute Gasteiger partial charge is 0.363 e. The molecule has 6 heteroatoms.